The molecule has 0 unspecified atom stereocenters. The van der Waals surface area contributed by atoms with E-state index in [-0.39, 0.29) is 22.5 Å². The number of aromatic nitrogens is 2. The molecule has 1 aromatic heterocycles. The molecule has 2 atom stereocenters. The number of sulfonamides is 1. The average Bonchev–Trinajstić information content (AvgIpc) is 3.35. The van der Waals surface area contributed by atoms with Gasteiger partial charge in [0, 0.05) is 41.2 Å². The predicted octanol–water partition coefficient (Wildman–Crippen LogP) is 6.14. The quantitative estimate of drug-likeness (QED) is 0.351. The Balaban J connectivity index is 1.47. The number of H-pyrrole nitrogens is 1. The summed E-state index contributed by atoms with van der Waals surface area (Å²) >= 11 is 6.02. The highest BCUT2D eigenvalue weighted by atomic mass is 35.5. The van der Waals surface area contributed by atoms with Crippen molar-refractivity contribution < 1.29 is 12.8 Å². The van der Waals surface area contributed by atoms with Crippen molar-refractivity contribution in [3.63, 3.8) is 0 Å². The summed E-state index contributed by atoms with van der Waals surface area (Å²) in [6.07, 6.45) is 0.607. The lowest BCUT2D eigenvalue weighted by Gasteiger charge is -2.37. The Kier molecular flexibility index (Phi) is 6.49. The molecule has 0 spiro atoms. The molecule has 0 aliphatic carbocycles. The Hall–Kier alpha value is -3.00. The molecule has 1 fully saturated rings. The smallest absolute Gasteiger partial charge is 0.243 e. The second-order valence-corrected chi connectivity index (χ2v) is 11.3. The first-order chi connectivity index (χ1) is 16.8. The molecular formula is C27H25ClFN3O2S. The summed E-state index contributed by atoms with van der Waals surface area (Å²) in [4.78, 5) is 0.283. The van der Waals surface area contributed by atoms with Crippen molar-refractivity contribution in [1.82, 2.24) is 14.5 Å². The molecule has 0 radical (unpaired) electrons. The zero-order valence-corrected chi connectivity index (χ0v) is 20.7. The molecule has 3 aromatic carbocycles. The number of nitrogens with one attached hydrogen (secondary N) is 1. The summed E-state index contributed by atoms with van der Waals surface area (Å²) in [5.74, 6) is -0.488. The summed E-state index contributed by atoms with van der Waals surface area (Å²) in [6.45, 7) is 2.60. The molecule has 1 aliphatic rings. The van der Waals surface area contributed by atoms with Crippen LogP contribution in [0.2, 0.25) is 5.02 Å². The fourth-order valence-corrected chi connectivity index (χ4v) is 6.32. The number of rotatable bonds is 5. The van der Waals surface area contributed by atoms with Crippen molar-refractivity contribution in [1.29, 1.82) is 0 Å². The highest BCUT2D eigenvalue weighted by Crippen LogP contribution is 2.41. The number of hydrogen-bond donors (Lipinski definition) is 1. The molecule has 1 N–H and O–H groups in total. The fourth-order valence-electron chi connectivity index (χ4n) is 4.71. The molecule has 2 heterocycles. The average molecular weight is 510 g/mol. The van der Waals surface area contributed by atoms with Crippen molar-refractivity contribution in [2.24, 2.45) is 0 Å². The maximum Gasteiger partial charge on any atom is 0.243 e. The van der Waals surface area contributed by atoms with Crippen LogP contribution < -0.4 is 0 Å². The Bertz CT molecular complexity index is 1420. The Morgan fingerprint density at radius 1 is 0.971 bits per heavy atom. The molecule has 0 amide bonds. The Labute approximate surface area is 209 Å². The van der Waals surface area contributed by atoms with Gasteiger partial charge in [-0.05, 0) is 61.4 Å². The third-order valence-corrected chi connectivity index (χ3v) is 8.80. The van der Waals surface area contributed by atoms with Crippen LogP contribution in [0, 0.1) is 12.7 Å². The van der Waals surface area contributed by atoms with Crippen LogP contribution in [0.25, 0.3) is 11.3 Å². The zero-order chi connectivity index (χ0) is 24.6. The van der Waals surface area contributed by atoms with Gasteiger partial charge in [-0.2, -0.15) is 9.40 Å². The maximum absolute atomic E-state index is 13.7. The number of piperidine rings is 1. The molecule has 1 aliphatic heterocycles. The highest BCUT2D eigenvalue weighted by molar-refractivity contribution is 7.89. The number of aromatic amines is 1. The van der Waals surface area contributed by atoms with Gasteiger partial charge in [0.15, 0.2) is 0 Å². The Morgan fingerprint density at radius 2 is 1.66 bits per heavy atom. The van der Waals surface area contributed by atoms with Crippen LogP contribution in [0.3, 0.4) is 0 Å². The summed E-state index contributed by atoms with van der Waals surface area (Å²) in [7, 11) is -3.65. The largest absolute Gasteiger partial charge is 0.282 e. The molecule has 4 aromatic rings. The summed E-state index contributed by atoms with van der Waals surface area (Å²) < 4.78 is 42.1. The van der Waals surface area contributed by atoms with Crippen molar-refractivity contribution in [3.05, 3.63) is 107 Å². The summed E-state index contributed by atoms with van der Waals surface area (Å²) in [6, 6.07) is 22.7. The second kappa shape index (κ2) is 9.57. The number of benzene rings is 3. The fraction of sp³-hybridized carbons (Fsp3) is 0.222. The van der Waals surface area contributed by atoms with Crippen molar-refractivity contribution in [3.8, 4) is 11.3 Å². The van der Waals surface area contributed by atoms with E-state index in [0.29, 0.717) is 24.5 Å². The van der Waals surface area contributed by atoms with E-state index in [1.165, 1.54) is 12.1 Å². The number of nitrogens with zero attached hydrogens (tertiary/aromatic N) is 2. The second-order valence-electron chi connectivity index (χ2n) is 8.94. The van der Waals surface area contributed by atoms with Crippen molar-refractivity contribution in [2.45, 2.75) is 30.1 Å². The monoisotopic (exact) mass is 509 g/mol. The van der Waals surface area contributed by atoms with E-state index >= 15 is 0 Å². The molecule has 180 valence electrons. The summed E-state index contributed by atoms with van der Waals surface area (Å²) in [5.41, 5.74) is 4.56. The van der Waals surface area contributed by atoms with Gasteiger partial charge in [0.05, 0.1) is 10.6 Å². The molecule has 1 saturated heterocycles. The van der Waals surface area contributed by atoms with Crippen molar-refractivity contribution >= 4 is 21.6 Å². The van der Waals surface area contributed by atoms with E-state index in [2.05, 4.69) is 10.2 Å². The lowest BCUT2D eigenvalue weighted by Crippen LogP contribution is -2.42. The lowest BCUT2D eigenvalue weighted by atomic mass is 9.79. The van der Waals surface area contributed by atoms with Gasteiger partial charge < -0.3 is 0 Å². The standard InChI is InChI=1S/C27H25ClFN3O2S/c1-18-2-12-23(13-3-18)35(33,34)32-15-14-24(25(17-32)19-6-10-22(29)11-7-19)27-16-26(30-31-27)20-4-8-21(28)9-5-20/h2-13,16,24-25H,14-15,17H2,1H3,(H,30,31)/t24-,25+/m1/s1. The van der Waals surface area contributed by atoms with Crippen LogP contribution >= 0.6 is 11.6 Å². The lowest BCUT2D eigenvalue weighted by molar-refractivity contribution is 0.282. The van der Waals surface area contributed by atoms with E-state index in [1.807, 2.05) is 37.3 Å². The van der Waals surface area contributed by atoms with E-state index in [0.717, 1.165) is 28.1 Å². The first-order valence-electron chi connectivity index (χ1n) is 11.4. The number of hydrogen-bond acceptors (Lipinski definition) is 3. The van der Waals surface area contributed by atoms with E-state index in [4.69, 9.17) is 11.6 Å². The van der Waals surface area contributed by atoms with Crippen LogP contribution in [0.4, 0.5) is 4.39 Å². The molecule has 8 heteroatoms. The van der Waals surface area contributed by atoms with Gasteiger partial charge in [-0.25, -0.2) is 12.8 Å². The zero-order valence-electron chi connectivity index (χ0n) is 19.2. The summed E-state index contributed by atoms with van der Waals surface area (Å²) in [5, 5.41) is 8.32. The molecular weight excluding hydrogens is 485 g/mol. The van der Waals surface area contributed by atoms with Crippen LogP contribution in [-0.2, 0) is 10.0 Å². The SMILES string of the molecule is Cc1ccc(S(=O)(=O)N2CC[C@@H](c3cc(-c4ccc(Cl)cc4)n[nH]3)[C@H](c3ccc(F)cc3)C2)cc1. The van der Waals surface area contributed by atoms with E-state index in [9.17, 15) is 12.8 Å². The van der Waals surface area contributed by atoms with Gasteiger partial charge in [-0.3, -0.25) is 5.10 Å². The minimum Gasteiger partial charge on any atom is -0.282 e. The third kappa shape index (κ3) is 4.89. The molecule has 5 rings (SSSR count). The number of aryl methyl sites for hydroxylation is 1. The molecule has 35 heavy (non-hydrogen) atoms. The normalized spacial score (nSPS) is 19.1. The minimum atomic E-state index is -3.65. The van der Waals surface area contributed by atoms with Crippen LogP contribution in [0.15, 0.2) is 83.8 Å². The van der Waals surface area contributed by atoms with Crippen LogP contribution in [-0.4, -0.2) is 36.0 Å². The topological polar surface area (TPSA) is 66.1 Å². The van der Waals surface area contributed by atoms with Gasteiger partial charge in [0.25, 0.3) is 0 Å². The first-order valence-corrected chi connectivity index (χ1v) is 13.3. The molecule has 0 saturated carbocycles. The van der Waals surface area contributed by atoms with E-state index in [1.54, 1.807) is 40.7 Å². The first kappa shape index (κ1) is 23.7. The minimum absolute atomic E-state index is 0.00141. The van der Waals surface area contributed by atoms with Gasteiger partial charge in [-0.1, -0.05) is 53.6 Å². The molecule has 0 bridgehead atoms. The van der Waals surface area contributed by atoms with Gasteiger partial charge in [0.1, 0.15) is 5.82 Å². The van der Waals surface area contributed by atoms with Crippen LogP contribution in [0.1, 0.15) is 35.1 Å². The van der Waals surface area contributed by atoms with Gasteiger partial charge >= 0.3 is 0 Å². The molecule has 5 nitrogen and oxygen atoms in total. The van der Waals surface area contributed by atoms with Gasteiger partial charge in [0.2, 0.25) is 10.0 Å². The predicted molar refractivity (Wildman–Crippen MR) is 135 cm³/mol. The Morgan fingerprint density at radius 3 is 2.34 bits per heavy atom. The van der Waals surface area contributed by atoms with E-state index < -0.39 is 10.0 Å². The van der Waals surface area contributed by atoms with Crippen molar-refractivity contribution in [2.75, 3.05) is 13.1 Å². The highest BCUT2D eigenvalue weighted by Gasteiger charge is 2.38. The van der Waals surface area contributed by atoms with Crippen LogP contribution in [0.5, 0.6) is 0 Å². The third-order valence-electron chi connectivity index (χ3n) is 6.67. The van der Waals surface area contributed by atoms with Gasteiger partial charge in [-0.15, -0.1) is 0 Å². The number of halogens is 2. The maximum atomic E-state index is 13.7.